The lowest BCUT2D eigenvalue weighted by Gasteiger charge is -2.37. The van der Waals surface area contributed by atoms with Gasteiger partial charge in [0.25, 0.3) is 0 Å². The molecule has 1 spiro atoms. The molecule has 0 amide bonds. The van der Waals surface area contributed by atoms with Crippen molar-refractivity contribution in [2.45, 2.75) is 45.4 Å². The molecule has 2 aliphatic heterocycles. The number of aromatic nitrogens is 5. The summed E-state index contributed by atoms with van der Waals surface area (Å²) in [7, 11) is 0. The molecule has 3 aromatic rings. The second-order valence-corrected chi connectivity index (χ2v) is 8.14. The van der Waals surface area contributed by atoms with Crippen LogP contribution in [0.5, 0.6) is 0 Å². The molecular weight excluding hydrogens is 382 g/mol. The number of nitrogens with zero attached hydrogens (tertiary/aromatic N) is 6. The molecule has 0 saturated carbocycles. The molecule has 30 heavy (non-hydrogen) atoms. The first-order valence-electron chi connectivity index (χ1n) is 10.5. The Morgan fingerprint density at radius 3 is 2.57 bits per heavy atom. The third-order valence-electron chi connectivity index (χ3n) is 5.79. The number of rotatable bonds is 4. The number of hydrogen-bond acceptors (Lipinski definition) is 8. The van der Waals surface area contributed by atoms with Crippen molar-refractivity contribution in [3.05, 3.63) is 30.4 Å². The first kappa shape index (κ1) is 19.2. The fraction of sp³-hybridized carbons (Fsp3) is 0.524. The monoisotopic (exact) mass is 409 g/mol. The highest BCUT2D eigenvalue weighted by atomic mass is 16.7. The minimum atomic E-state index is -0.400. The summed E-state index contributed by atoms with van der Waals surface area (Å²) in [5.74, 6) is 2.74. The zero-order chi connectivity index (χ0) is 20.7. The molecule has 1 N–H and O–H groups in total. The Kier molecular flexibility index (Phi) is 4.79. The Labute approximate surface area is 175 Å². The van der Waals surface area contributed by atoms with Crippen LogP contribution in [0.15, 0.2) is 24.5 Å². The van der Waals surface area contributed by atoms with E-state index >= 15 is 0 Å². The van der Waals surface area contributed by atoms with Gasteiger partial charge in [-0.25, -0.2) is 15.0 Å². The Morgan fingerprint density at radius 1 is 1.07 bits per heavy atom. The maximum atomic E-state index is 5.81. The van der Waals surface area contributed by atoms with Crippen LogP contribution in [0.2, 0.25) is 0 Å². The molecule has 158 valence electrons. The van der Waals surface area contributed by atoms with Gasteiger partial charge in [-0.05, 0) is 26.8 Å². The van der Waals surface area contributed by atoms with Gasteiger partial charge in [-0.1, -0.05) is 0 Å². The van der Waals surface area contributed by atoms with E-state index in [9.17, 15) is 0 Å². The van der Waals surface area contributed by atoms with Crippen LogP contribution in [-0.4, -0.2) is 56.6 Å². The molecule has 0 radical (unpaired) electrons. The maximum Gasteiger partial charge on any atom is 0.227 e. The van der Waals surface area contributed by atoms with Gasteiger partial charge in [-0.2, -0.15) is 4.98 Å². The summed E-state index contributed by atoms with van der Waals surface area (Å²) in [6.45, 7) is 9.31. The third-order valence-corrected chi connectivity index (χ3v) is 5.79. The molecule has 5 rings (SSSR count). The smallest absolute Gasteiger partial charge is 0.227 e. The van der Waals surface area contributed by atoms with Gasteiger partial charge >= 0.3 is 0 Å². The molecule has 0 atom stereocenters. The number of nitrogens with one attached hydrogen (secondary N) is 1. The van der Waals surface area contributed by atoms with Gasteiger partial charge < -0.3 is 24.3 Å². The van der Waals surface area contributed by atoms with Crippen LogP contribution >= 0.6 is 0 Å². The van der Waals surface area contributed by atoms with Crippen LogP contribution < -0.4 is 10.2 Å². The highest BCUT2D eigenvalue weighted by molar-refractivity contribution is 5.79. The highest BCUT2D eigenvalue weighted by Gasteiger charge is 2.40. The Hall–Kier alpha value is -2.78. The predicted octanol–water partition coefficient (Wildman–Crippen LogP) is 3.20. The van der Waals surface area contributed by atoms with Gasteiger partial charge in [0.2, 0.25) is 5.95 Å². The molecular formula is C21H27N7O2. The summed E-state index contributed by atoms with van der Waals surface area (Å²) in [6.07, 6.45) is 5.23. The molecule has 2 aliphatic rings. The van der Waals surface area contributed by atoms with Gasteiger partial charge in [0, 0.05) is 44.2 Å². The van der Waals surface area contributed by atoms with E-state index in [-0.39, 0.29) is 0 Å². The second kappa shape index (κ2) is 7.48. The lowest BCUT2D eigenvalue weighted by molar-refractivity contribution is -0.169. The average molecular weight is 409 g/mol. The summed E-state index contributed by atoms with van der Waals surface area (Å²) in [5.41, 5.74) is 1.96. The number of pyridine rings is 1. The van der Waals surface area contributed by atoms with Crippen molar-refractivity contribution in [1.29, 1.82) is 0 Å². The van der Waals surface area contributed by atoms with E-state index < -0.39 is 5.79 Å². The topological polar surface area (TPSA) is 90.2 Å². The van der Waals surface area contributed by atoms with E-state index in [4.69, 9.17) is 14.5 Å². The molecule has 0 bridgehead atoms. The lowest BCUT2D eigenvalue weighted by atomic mass is 10.0. The van der Waals surface area contributed by atoms with Crippen molar-refractivity contribution in [2.75, 3.05) is 36.5 Å². The lowest BCUT2D eigenvalue weighted by Crippen LogP contribution is -2.45. The van der Waals surface area contributed by atoms with E-state index in [1.807, 2.05) is 19.1 Å². The van der Waals surface area contributed by atoms with Crippen molar-refractivity contribution in [1.82, 2.24) is 24.5 Å². The molecule has 0 aromatic carbocycles. The van der Waals surface area contributed by atoms with E-state index in [0.717, 1.165) is 48.6 Å². The fourth-order valence-corrected chi connectivity index (χ4v) is 4.37. The fourth-order valence-electron chi connectivity index (χ4n) is 4.37. The molecule has 9 nitrogen and oxygen atoms in total. The van der Waals surface area contributed by atoms with Gasteiger partial charge in [-0.3, -0.25) is 0 Å². The normalized spacial score (nSPS) is 18.6. The first-order chi connectivity index (χ1) is 14.5. The Balaban J connectivity index is 1.34. The predicted molar refractivity (Wildman–Crippen MR) is 114 cm³/mol. The van der Waals surface area contributed by atoms with Crippen LogP contribution in [0.25, 0.3) is 11.0 Å². The second-order valence-electron chi connectivity index (χ2n) is 8.14. The molecule has 9 heteroatoms. The molecule has 0 unspecified atom stereocenters. The Morgan fingerprint density at radius 2 is 1.83 bits per heavy atom. The number of hydrogen-bond donors (Lipinski definition) is 1. The van der Waals surface area contributed by atoms with Crippen molar-refractivity contribution in [3.63, 3.8) is 0 Å². The quantitative estimate of drug-likeness (QED) is 0.703. The number of aryl methyl sites for hydroxylation is 1. The minimum absolute atomic E-state index is 0.325. The molecule has 5 heterocycles. The van der Waals surface area contributed by atoms with E-state index in [0.29, 0.717) is 31.0 Å². The summed E-state index contributed by atoms with van der Waals surface area (Å²) < 4.78 is 13.8. The van der Waals surface area contributed by atoms with E-state index in [2.05, 4.69) is 43.6 Å². The SMILES string of the molecule is Cc1nc2cnc(Nc3ccnc(N4CCC5(CC4)OCCO5)n3)cc2n1C(C)C. The summed E-state index contributed by atoms with van der Waals surface area (Å²) in [4.78, 5) is 20.5. The molecule has 3 aromatic heterocycles. The zero-order valence-electron chi connectivity index (χ0n) is 17.6. The van der Waals surface area contributed by atoms with Crippen molar-refractivity contribution < 1.29 is 9.47 Å². The largest absolute Gasteiger partial charge is 0.347 e. The van der Waals surface area contributed by atoms with Gasteiger partial charge in [0.15, 0.2) is 5.79 Å². The third kappa shape index (κ3) is 3.48. The zero-order valence-corrected chi connectivity index (χ0v) is 17.6. The standard InChI is InChI=1S/C21H27N7O2/c1-14(2)28-15(3)24-16-13-23-19(12-17(16)28)25-18-4-7-22-20(26-18)27-8-5-21(6-9-27)29-10-11-30-21/h4,7,12-14H,5-6,8-11H2,1-3H3,(H,22,23,25,26). The van der Waals surface area contributed by atoms with Gasteiger partial charge in [0.05, 0.1) is 24.9 Å². The minimum Gasteiger partial charge on any atom is -0.347 e. The van der Waals surface area contributed by atoms with E-state index in [1.165, 1.54) is 0 Å². The first-order valence-corrected chi connectivity index (χ1v) is 10.5. The number of ether oxygens (including phenoxy) is 2. The van der Waals surface area contributed by atoms with Crippen LogP contribution in [-0.2, 0) is 9.47 Å². The summed E-state index contributed by atoms with van der Waals surface area (Å²) in [6, 6.07) is 4.21. The number of imidazole rings is 1. The van der Waals surface area contributed by atoms with E-state index in [1.54, 1.807) is 12.4 Å². The van der Waals surface area contributed by atoms with Crippen LogP contribution in [0.1, 0.15) is 38.6 Å². The average Bonchev–Trinajstić information content (AvgIpc) is 3.32. The number of anilines is 3. The molecule has 2 fully saturated rings. The highest BCUT2D eigenvalue weighted by Crippen LogP contribution is 2.32. The molecule has 0 aliphatic carbocycles. The van der Waals surface area contributed by atoms with Crippen LogP contribution in [0, 0.1) is 6.92 Å². The number of piperidine rings is 1. The van der Waals surface area contributed by atoms with Crippen LogP contribution in [0.3, 0.4) is 0 Å². The van der Waals surface area contributed by atoms with Crippen molar-refractivity contribution >= 4 is 28.6 Å². The van der Waals surface area contributed by atoms with Crippen LogP contribution in [0.4, 0.5) is 17.6 Å². The molecule has 2 saturated heterocycles. The summed E-state index contributed by atoms with van der Waals surface area (Å²) >= 11 is 0. The van der Waals surface area contributed by atoms with Gasteiger partial charge in [0.1, 0.15) is 23.0 Å². The van der Waals surface area contributed by atoms with Crippen molar-refractivity contribution in [3.8, 4) is 0 Å². The maximum absolute atomic E-state index is 5.81. The Bertz CT molecular complexity index is 1050. The number of fused-ring (bicyclic) bond motifs is 1. The van der Waals surface area contributed by atoms with Crippen molar-refractivity contribution in [2.24, 2.45) is 0 Å². The summed E-state index contributed by atoms with van der Waals surface area (Å²) in [5, 5.41) is 3.32. The van der Waals surface area contributed by atoms with Gasteiger partial charge in [-0.15, -0.1) is 0 Å².